The molecule has 2 aromatic carbocycles. The molecule has 0 spiro atoms. The summed E-state index contributed by atoms with van der Waals surface area (Å²) in [6.07, 6.45) is 5.70. The van der Waals surface area contributed by atoms with Gasteiger partial charge in [0.1, 0.15) is 0 Å². The molecule has 0 radical (unpaired) electrons. The molecule has 1 saturated carbocycles. The number of nitrogens with one attached hydrogen (secondary N) is 1. The maximum Gasteiger partial charge on any atom is 0.234 e. The van der Waals surface area contributed by atoms with Gasteiger partial charge in [0.2, 0.25) is 11.1 Å². The van der Waals surface area contributed by atoms with Crippen LogP contribution in [0, 0.1) is 0 Å². The summed E-state index contributed by atoms with van der Waals surface area (Å²) in [7, 11) is 0. The fourth-order valence-electron chi connectivity index (χ4n) is 4.53. The number of nitrogens with zero attached hydrogens (tertiary/aromatic N) is 3. The fraction of sp³-hybridized carbons (Fsp3) is 0.292. The first-order valence-corrected chi connectivity index (χ1v) is 12.0. The zero-order valence-corrected chi connectivity index (χ0v) is 18.7. The number of aromatic nitrogens is 3. The minimum atomic E-state index is -0.267. The lowest BCUT2D eigenvalue weighted by atomic mass is 9.84. The molecular formula is C24H23N5O3S. The van der Waals surface area contributed by atoms with E-state index in [0.29, 0.717) is 39.0 Å². The Bertz CT molecular complexity index is 1260. The van der Waals surface area contributed by atoms with Gasteiger partial charge in [0.15, 0.2) is 17.4 Å². The summed E-state index contributed by atoms with van der Waals surface area (Å²) >= 11 is 1.21. The van der Waals surface area contributed by atoms with Crippen LogP contribution in [-0.2, 0) is 4.79 Å². The molecule has 3 aromatic rings. The van der Waals surface area contributed by atoms with E-state index in [9.17, 15) is 14.4 Å². The Labute approximate surface area is 194 Å². The maximum absolute atomic E-state index is 12.9. The van der Waals surface area contributed by atoms with E-state index in [4.69, 9.17) is 5.84 Å². The second-order valence-electron chi connectivity index (χ2n) is 8.35. The van der Waals surface area contributed by atoms with E-state index in [0.717, 1.165) is 18.7 Å². The number of fused-ring (bicyclic) bond motifs is 2. The lowest BCUT2D eigenvalue weighted by molar-refractivity contribution is -0.113. The molecule has 1 fully saturated rings. The first-order valence-electron chi connectivity index (χ1n) is 11.0. The highest BCUT2D eigenvalue weighted by molar-refractivity contribution is 7.99. The topological polar surface area (TPSA) is 120 Å². The lowest BCUT2D eigenvalue weighted by Crippen LogP contribution is -2.22. The van der Waals surface area contributed by atoms with Crippen molar-refractivity contribution in [2.45, 2.75) is 43.2 Å². The third-order valence-electron chi connectivity index (χ3n) is 6.20. The van der Waals surface area contributed by atoms with Crippen LogP contribution in [0.1, 0.15) is 75.7 Å². The lowest BCUT2D eigenvalue weighted by Gasteiger charge is -2.20. The van der Waals surface area contributed by atoms with Crippen molar-refractivity contribution >= 4 is 34.9 Å². The highest BCUT2D eigenvalue weighted by atomic mass is 32.2. The Morgan fingerprint density at radius 2 is 1.64 bits per heavy atom. The quantitative estimate of drug-likeness (QED) is 0.344. The van der Waals surface area contributed by atoms with Crippen LogP contribution >= 0.6 is 11.8 Å². The summed E-state index contributed by atoms with van der Waals surface area (Å²) in [6, 6.07) is 11.5. The van der Waals surface area contributed by atoms with E-state index < -0.39 is 0 Å². The van der Waals surface area contributed by atoms with Crippen LogP contribution in [0.25, 0.3) is 0 Å². The summed E-state index contributed by atoms with van der Waals surface area (Å²) in [4.78, 5) is 38.1. The maximum atomic E-state index is 12.9. The number of amides is 1. The van der Waals surface area contributed by atoms with E-state index in [2.05, 4.69) is 15.5 Å². The number of hydrogen-bond donors (Lipinski definition) is 2. The van der Waals surface area contributed by atoms with Crippen molar-refractivity contribution in [1.82, 2.24) is 14.9 Å². The van der Waals surface area contributed by atoms with Crippen LogP contribution in [0.3, 0.4) is 0 Å². The number of nitrogen functional groups attached to an aromatic ring is 1. The van der Waals surface area contributed by atoms with Crippen molar-refractivity contribution in [3.63, 3.8) is 0 Å². The molecule has 9 heteroatoms. The summed E-state index contributed by atoms with van der Waals surface area (Å²) < 4.78 is 1.49. The van der Waals surface area contributed by atoms with Crippen molar-refractivity contribution in [3.05, 3.63) is 70.5 Å². The Morgan fingerprint density at radius 1 is 0.970 bits per heavy atom. The summed E-state index contributed by atoms with van der Waals surface area (Å²) in [5.41, 5.74) is 1.88. The van der Waals surface area contributed by atoms with Crippen molar-refractivity contribution in [3.8, 4) is 0 Å². The fourth-order valence-corrected chi connectivity index (χ4v) is 5.19. The minimum Gasteiger partial charge on any atom is -0.336 e. The number of ketones is 2. The van der Waals surface area contributed by atoms with Gasteiger partial charge in [0.25, 0.3) is 0 Å². The minimum absolute atomic E-state index is 0.0901. The molecule has 0 saturated heterocycles. The average molecular weight is 462 g/mol. The second-order valence-corrected chi connectivity index (χ2v) is 9.29. The molecule has 1 heterocycles. The molecule has 0 bridgehead atoms. The largest absolute Gasteiger partial charge is 0.336 e. The molecule has 5 rings (SSSR count). The van der Waals surface area contributed by atoms with E-state index in [1.165, 1.54) is 35.7 Å². The van der Waals surface area contributed by atoms with Gasteiger partial charge in [-0.1, -0.05) is 55.3 Å². The van der Waals surface area contributed by atoms with Gasteiger partial charge >= 0.3 is 0 Å². The Hall–Kier alpha value is -3.46. The van der Waals surface area contributed by atoms with Gasteiger partial charge in [-0.15, -0.1) is 10.2 Å². The van der Waals surface area contributed by atoms with Crippen molar-refractivity contribution in [2.24, 2.45) is 0 Å². The van der Waals surface area contributed by atoms with Crippen LogP contribution in [-0.4, -0.2) is 38.1 Å². The standard InChI is InChI=1S/C24H23N5O3S/c25-29-23(14-6-2-1-3-7-14)27-28-24(29)33-13-20(30)26-15-10-11-18-19(12-15)22(32)17-9-5-4-8-16(17)21(18)31/h4-5,8-12,14H,1-3,6-7,13,25H2,(H,26,30). The molecule has 1 aromatic heterocycles. The molecule has 168 valence electrons. The van der Waals surface area contributed by atoms with Crippen LogP contribution in [0.2, 0.25) is 0 Å². The zero-order valence-electron chi connectivity index (χ0n) is 17.9. The Morgan fingerprint density at radius 3 is 2.36 bits per heavy atom. The molecule has 0 unspecified atom stereocenters. The number of thioether (sulfide) groups is 1. The molecule has 0 aliphatic heterocycles. The predicted octanol–water partition coefficient (Wildman–Crippen LogP) is 3.55. The first kappa shape index (κ1) is 21.4. The van der Waals surface area contributed by atoms with Crippen LogP contribution in [0.4, 0.5) is 5.69 Å². The van der Waals surface area contributed by atoms with Gasteiger partial charge < -0.3 is 11.2 Å². The smallest absolute Gasteiger partial charge is 0.234 e. The Kier molecular flexibility index (Phi) is 5.72. The summed E-state index contributed by atoms with van der Waals surface area (Å²) in [5, 5.41) is 11.7. The van der Waals surface area contributed by atoms with E-state index in [1.807, 2.05) is 0 Å². The van der Waals surface area contributed by atoms with Gasteiger partial charge in [0, 0.05) is 33.9 Å². The highest BCUT2D eigenvalue weighted by Gasteiger charge is 2.29. The van der Waals surface area contributed by atoms with Crippen LogP contribution in [0.5, 0.6) is 0 Å². The number of carbonyl (C=O) groups excluding carboxylic acids is 3. The number of carbonyl (C=O) groups is 3. The summed E-state index contributed by atoms with van der Waals surface area (Å²) in [5.74, 6) is 6.69. The summed E-state index contributed by atoms with van der Waals surface area (Å²) in [6.45, 7) is 0. The predicted molar refractivity (Wildman–Crippen MR) is 125 cm³/mol. The van der Waals surface area contributed by atoms with Crippen molar-refractivity contribution in [2.75, 3.05) is 16.9 Å². The SMILES string of the molecule is Nn1c(SCC(=O)Nc2ccc3c(c2)C(=O)c2ccccc2C3=O)nnc1C1CCCCC1. The molecule has 2 aliphatic rings. The van der Waals surface area contributed by atoms with Crippen molar-refractivity contribution < 1.29 is 14.4 Å². The number of anilines is 1. The number of benzene rings is 2. The third-order valence-corrected chi connectivity index (χ3v) is 7.15. The molecule has 33 heavy (non-hydrogen) atoms. The van der Waals surface area contributed by atoms with E-state index >= 15 is 0 Å². The molecule has 3 N–H and O–H groups in total. The van der Waals surface area contributed by atoms with Crippen molar-refractivity contribution in [1.29, 1.82) is 0 Å². The zero-order chi connectivity index (χ0) is 22.9. The van der Waals surface area contributed by atoms with Gasteiger partial charge in [-0.05, 0) is 31.0 Å². The molecular weight excluding hydrogens is 438 g/mol. The van der Waals surface area contributed by atoms with Gasteiger partial charge in [-0.2, -0.15) is 0 Å². The number of rotatable bonds is 5. The molecule has 8 nitrogen and oxygen atoms in total. The van der Waals surface area contributed by atoms with Gasteiger partial charge in [-0.25, -0.2) is 4.68 Å². The van der Waals surface area contributed by atoms with Gasteiger partial charge in [-0.3, -0.25) is 14.4 Å². The van der Waals surface area contributed by atoms with E-state index in [1.54, 1.807) is 42.5 Å². The number of nitrogens with two attached hydrogens (primary N) is 1. The molecule has 2 aliphatic carbocycles. The number of hydrogen-bond acceptors (Lipinski definition) is 7. The van der Waals surface area contributed by atoms with E-state index in [-0.39, 0.29) is 23.2 Å². The van der Waals surface area contributed by atoms with Crippen LogP contribution in [0.15, 0.2) is 47.6 Å². The highest BCUT2D eigenvalue weighted by Crippen LogP contribution is 2.32. The molecule has 0 atom stereocenters. The average Bonchev–Trinajstić information content (AvgIpc) is 3.22. The molecule has 1 amide bonds. The monoisotopic (exact) mass is 461 g/mol. The van der Waals surface area contributed by atoms with Gasteiger partial charge in [0.05, 0.1) is 5.75 Å². The first-order chi connectivity index (χ1) is 16.0. The normalized spacial score (nSPS) is 15.8. The third kappa shape index (κ3) is 4.04. The second kappa shape index (κ2) is 8.82. The Balaban J connectivity index is 1.25. The van der Waals surface area contributed by atoms with Crippen LogP contribution < -0.4 is 11.2 Å².